The molecule has 0 unspecified atom stereocenters. The van der Waals surface area contributed by atoms with E-state index in [1.165, 1.54) is 96.9 Å². The van der Waals surface area contributed by atoms with Gasteiger partial charge >= 0.3 is 11.9 Å². The van der Waals surface area contributed by atoms with Crippen molar-refractivity contribution in [3.8, 4) is 22.6 Å². The van der Waals surface area contributed by atoms with Crippen molar-refractivity contribution in [1.29, 1.82) is 0 Å². The predicted octanol–water partition coefficient (Wildman–Crippen LogP) is 26.8. The summed E-state index contributed by atoms with van der Waals surface area (Å²) in [4.78, 5) is 26.5. The summed E-state index contributed by atoms with van der Waals surface area (Å²) < 4.78 is 14.7. The first-order valence-electron chi connectivity index (χ1n) is 46.0. The number of carboxylic acid groups (broad SMARTS) is 2. The number of hydrogen-bond acceptors (Lipinski definition) is 8. The normalized spacial score (nSPS) is 11.0. The molecule has 0 saturated heterocycles. The molecule has 22 rings (SSSR count). The van der Waals surface area contributed by atoms with Gasteiger partial charge in [0.1, 0.15) is 11.5 Å². The van der Waals surface area contributed by atoms with Crippen LogP contribution in [0.3, 0.4) is 0 Å². The maximum atomic E-state index is 14.7. The third kappa shape index (κ3) is 22.9. The lowest BCUT2D eigenvalue weighted by atomic mass is 9.99. The Bertz CT molecular complexity index is 7630. The maximum absolute atomic E-state index is 14.7. The van der Waals surface area contributed by atoms with Crippen LogP contribution in [-0.4, -0.2) is 44.9 Å². The second kappa shape index (κ2) is 48.0. The minimum absolute atomic E-state index is 0.0798. The molecular formula is C126H99O7P5S3. The van der Waals surface area contributed by atoms with Crippen molar-refractivity contribution in [2.45, 2.75) is 14.7 Å². The minimum Gasteiger partial charge on any atom is -0.507 e. The summed E-state index contributed by atoms with van der Waals surface area (Å²) in [6.45, 7) is 0. The van der Waals surface area contributed by atoms with Gasteiger partial charge in [-0.25, -0.2) is 9.59 Å². The summed E-state index contributed by atoms with van der Waals surface area (Å²) in [5, 5.41) is 68.5. The number of phenols is 2. The lowest BCUT2D eigenvalue weighted by molar-refractivity contribution is 0.0687. The number of hydrogen-bond donors (Lipinski definition) is 5. The second-order valence-electron chi connectivity index (χ2n) is 32.6. The molecule has 0 fully saturated rings. The molecule has 0 radical (unpaired) electrons. The zero-order chi connectivity index (χ0) is 97.2. The van der Waals surface area contributed by atoms with Crippen molar-refractivity contribution < 1.29 is 34.6 Å². The van der Waals surface area contributed by atoms with E-state index in [-0.39, 0.29) is 11.3 Å². The van der Waals surface area contributed by atoms with Crippen LogP contribution < -0.4 is 79.6 Å². The third-order valence-electron chi connectivity index (χ3n) is 24.0. The molecule has 0 aromatic heterocycles. The minimum atomic E-state index is -2.98. The van der Waals surface area contributed by atoms with Crippen molar-refractivity contribution in [2.75, 3.05) is 12.5 Å². The van der Waals surface area contributed by atoms with Crippen LogP contribution in [-0.2, 0) is 4.57 Å². The summed E-state index contributed by atoms with van der Waals surface area (Å²) in [5.41, 5.74) is 1.59. The average Bonchev–Trinajstić information content (AvgIpc) is 0.734. The molecule has 0 atom stereocenters. The smallest absolute Gasteiger partial charge is 0.336 e. The molecule has 0 aliphatic rings. The van der Waals surface area contributed by atoms with E-state index in [1.54, 1.807) is 60.3 Å². The molecule has 0 aliphatic heterocycles. The van der Waals surface area contributed by atoms with Crippen LogP contribution in [0.4, 0.5) is 0 Å². The standard InChI is InChI=1S/C23H17O2P.C23H19OPS.C23H19PS.C22H17OP.C22H17PS.C13H10O3/c24-23(25)20-15-7-9-17-10-8-16-21(22(17)20)26(18-11-3-1-4-12-18)19-13-5-2-6-14-19;1-26-22-17-9-11-18-10-8-16-21(23(18)22)25(24,19-12-4-2-5-13-19)20-14-6-3-7-15-20;1-25-22-17-9-11-18-10-8-16-21(23(18)22)24(19-12-4-2-5-13-19)20-14-6-3-7-15-20;23-20-15-7-9-17-10-8-16-21(22(17)20)24(18-11-3-1-4-12-18)19-13-5-2-6-14-19;24-21-16-8-10-17-9-7-15-20(22(17)21)23(18-11-3-1-4-12-18)19-13-5-2-6-14-19;14-12-8-4-3-6-10(12)9-5-1-2-7-11(9)13(15)16/h1-16H,(H,24,25);2-17H,1H3;2-17H,1H3;1-16,23H;1-16,24H;1-8,14H,(H,15,16). The number of aromatic carboxylic acids is 2. The largest absolute Gasteiger partial charge is 0.507 e. The van der Waals surface area contributed by atoms with Crippen molar-refractivity contribution >= 4 is 220 Å². The van der Waals surface area contributed by atoms with E-state index in [1.807, 2.05) is 163 Å². The molecule has 0 heterocycles. The first kappa shape index (κ1) is 98.3. The van der Waals surface area contributed by atoms with Gasteiger partial charge < -0.3 is 25.0 Å². The van der Waals surface area contributed by atoms with Crippen LogP contribution in [0.5, 0.6) is 11.5 Å². The molecule has 0 aliphatic carbocycles. The van der Waals surface area contributed by atoms with E-state index in [0.717, 1.165) is 63.3 Å². The Hall–Kier alpha value is -14.3. The molecule has 0 bridgehead atoms. The summed E-state index contributed by atoms with van der Waals surface area (Å²) >= 11 is 8.28. The van der Waals surface area contributed by atoms with Gasteiger partial charge in [-0.2, -0.15) is 0 Å². The van der Waals surface area contributed by atoms with Gasteiger partial charge in [-0.3, -0.25) is 0 Å². The first-order valence-corrected chi connectivity index (χ1v) is 56.0. The molecule has 15 heteroatoms. The van der Waals surface area contributed by atoms with Gasteiger partial charge in [0.2, 0.25) is 0 Å². The second-order valence-corrected chi connectivity index (χ2v) is 46.3. The lowest BCUT2D eigenvalue weighted by Crippen LogP contribution is -2.25. The lowest BCUT2D eigenvalue weighted by Gasteiger charge is -2.22. The molecule has 0 amide bonds. The zero-order valence-corrected chi connectivity index (χ0v) is 84.3. The molecule has 0 spiro atoms. The van der Waals surface area contributed by atoms with Crippen LogP contribution in [0.1, 0.15) is 20.7 Å². The van der Waals surface area contributed by atoms with Gasteiger partial charge in [-0.1, -0.05) is 491 Å². The fraction of sp³-hybridized carbons (Fsp3) is 0.0159. The molecule has 0 saturated carbocycles. The van der Waals surface area contributed by atoms with Gasteiger partial charge in [-0.05, 0) is 183 Å². The van der Waals surface area contributed by atoms with Gasteiger partial charge in [0, 0.05) is 63.1 Å². The van der Waals surface area contributed by atoms with E-state index >= 15 is 0 Å². The van der Waals surface area contributed by atoms with Gasteiger partial charge in [-0.15, -0.1) is 36.2 Å². The molecule has 4 N–H and O–H groups in total. The van der Waals surface area contributed by atoms with Crippen molar-refractivity contribution in [3.63, 3.8) is 0 Å². The number of fused-ring (bicyclic) bond motifs is 5. The Kier molecular flexibility index (Phi) is 33.5. The average molecular weight is 1980 g/mol. The molecule has 688 valence electrons. The van der Waals surface area contributed by atoms with Crippen LogP contribution in [0.2, 0.25) is 0 Å². The fourth-order valence-corrected chi connectivity index (χ4v) is 32.4. The molecule has 7 nitrogen and oxygen atoms in total. The van der Waals surface area contributed by atoms with E-state index in [9.17, 15) is 29.5 Å². The highest BCUT2D eigenvalue weighted by atomic mass is 32.2. The number of rotatable bonds is 20. The quantitative estimate of drug-likeness (QED) is 0.0287. The number of benzene rings is 22. The van der Waals surface area contributed by atoms with E-state index in [2.05, 4.69) is 334 Å². The number of thiol groups is 1. The van der Waals surface area contributed by atoms with Crippen LogP contribution >= 0.6 is 75.0 Å². The summed E-state index contributed by atoms with van der Waals surface area (Å²) in [7, 11) is -5.74. The van der Waals surface area contributed by atoms with Crippen LogP contribution in [0.25, 0.3) is 65.0 Å². The number of carbonyl (C=O) groups is 2. The third-order valence-corrected chi connectivity index (χ3v) is 38.9. The summed E-state index contributed by atoms with van der Waals surface area (Å²) in [5.74, 6) is -1.46. The van der Waals surface area contributed by atoms with Crippen LogP contribution in [0.15, 0.2) is 549 Å². The zero-order valence-electron chi connectivity index (χ0n) is 77.3. The summed E-state index contributed by atoms with van der Waals surface area (Å²) in [6.07, 6.45) is 4.24. The van der Waals surface area contributed by atoms with Crippen molar-refractivity contribution in [1.82, 2.24) is 0 Å². The highest BCUT2D eigenvalue weighted by Crippen LogP contribution is 2.48. The number of phenolic OH excluding ortho intramolecular Hbond substituents is 2. The van der Waals surface area contributed by atoms with Crippen molar-refractivity contribution in [2.24, 2.45) is 0 Å². The number of carboxylic acids is 2. The van der Waals surface area contributed by atoms with E-state index in [4.69, 9.17) is 17.7 Å². The Morgan fingerprint density at radius 2 is 0.482 bits per heavy atom. The Labute approximate surface area is 842 Å². The number of para-hydroxylation sites is 1. The fourth-order valence-electron chi connectivity index (χ4n) is 17.7. The predicted molar refractivity (Wildman–Crippen MR) is 614 cm³/mol. The van der Waals surface area contributed by atoms with Crippen LogP contribution in [0, 0.1) is 0 Å². The maximum Gasteiger partial charge on any atom is 0.336 e. The van der Waals surface area contributed by atoms with Crippen molar-refractivity contribution in [3.05, 3.63) is 545 Å². The summed E-state index contributed by atoms with van der Waals surface area (Å²) in [6, 6.07) is 180. The highest BCUT2D eigenvalue weighted by molar-refractivity contribution is 7.99. The van der Waals surface area contributed by atoms with Gasteiger partial charge in [0.05, 0.1) is 11.1 Å². The Balaban J connectivity index is 0.000000117. The molecule has 141 heavy (non-hydrogen) atoms. The highest BCUT2D eigenvalue weighted by Gasteiger charge is 2.33. The van der Waals surface area contributed by atoms with E-state index < -0.39 is 50.8 Å². The first-order chi connectivity index (χ1) is 69.3. The molecule has 22 aromatic carbocycles. The Morgan fingerprint density at radius 3 is 0.851 bits per heavy atom. The number of thioether (sulfide) groups is 2. The SMILES string of the molecule is CSc1cccc2cccc(P(=O)(c3ccccc3)c3ccccc3)c12.CSc1cccc2cccc(P(c3ccccc3)c3ccccc3)c12.O=C(O)c1cccc2cccc(P(c3ccccc3)c3ccccc3)c12.O=C(O)c1ccccc1-c1ccccc1O.Oc1cccc2cccc(P(c3ccccc3)c3ccccc3)c12.Sc1cccc2cccc(P(c3ccccc3)c3ccccc3)c12. The topological polar surface area (TPSA) is 132 Å². The molecule has 22 aromatic rings. The number of aromatic hydroxyl groups is 2. The monoisotopic (exact) mass is 1970 g/mol. The van der Waals surface area contributed by atoms with Gasteiger partial charge in [0.25, 0.3) is 0 Å². The Morgan fingerprint density at radius 1 is 0.234 bits per heavy atom. The van der Waals surface area contributed by atoms with Gasteiger partial charge in [0.15, 0.2) is 7.14 Å². The molecular weight excluding hydrogens is 1880 g/mol. The van der Waals surface area contributed by atoms with E-state index in [0.29, 0.717) is 22.4 Å².